The smallest absolute Gasteiger partial charge is 0.339 e. The maximum absolute atomic E-state index is 10.9. The van der Waals surface area contributed by atoms with E-state index in [1.54, 1.807) is 6.08 Å². The molecule has 0 spiro atoms. The van der Waals surface area contributed by atoms with Crippen molar-refractivity contribution < 1.29 is 14.3 Å². The minimum atomic E-state index is -0.497. The molecule has 1 aliphatic heterocycles. The fourth-order valence-electron chi connectivity index (χ4n) is 0.995. The number of carbonyl (C=O) groups is 1. The van der Waals surface area contributed by atoms with E-state index in [0.29, 0.717) is 0 Å². The second kappa shape index (κ2) is 3.53. The van der Waals surface area contributed by atoms with Crippen LogP contribution in [0.3, 0.4) is 0 Å². The van der Waals surface area contributed by atoms with Gasteiger partial charge >= 0.3 is 5.97 Å². The fraction of sp³-hybridized carbons (Fsp3) is 0.625. The summed E-state index contributed by atoms with van der Waals surface area (Å²) in [6.45, 7) is 1.93. The van der Waals surface area contributed by atoms with E-state index in [4.69, 9.17) is 4.74 Å². The van der Waals surface area contributed by atoms with Crippen molar-refractivity contribution in [2.45, 2.75) is 25.6 Å². The van der Waals surface area contributed by atoms with E-state index in [9.17, 15) is 4.79 Å². The quantitative estimate of drug-likeness (QED) is 0.418. The predicted molar refractivity (Wildman–Crippen MR) is 40.1 cm³/mol. The van der Waals surface area contributed by atoms with Gasteiger partial charge in [0.05, 0.1) is 13.2 Å². The largest absolute Gasteiger partial charge is 0.467 e. The molecule has 0 aromatic heterocycles. The lowest BCUT2D eigenvalue weighted by molar-refractivity contribution is -0.154. The molecule has 0 fully saturated rings. The first-order chi connectivity index (χ1) is 5.24. The van der Waals surface area contributed by atoms with E-state index in [0.717, 1.165) is 6.42 Å². The van der Waals surface area contributed by atoms with Crippen molar-refractivity contribution in [1.29, 1.82) is 0 Å². The number of methoxy groups -OCH3 is 1. The molecule has 62 valence electrons. The van der Waals surface area contributed by atoms with Gasteiger partial charge in [0.1, 0.15) is 0 Å². The lowest BCUT2D eigenvalue weighted by Gasteiger charge is -2.20. The molecular weight excluding hydrogens is 144 g/mol. The van der Waals surface area contributed by atoms with Crippen molar-refractivity contribution in [2.75, 3.05) is 7.11 Å². The van der Waals surface area contributed by atoms with Crippen LogP contribution in [-0.4, -0.2) is 25.3 Å². The third-order valence-electron chi connectivity index (χ3n) is 1.59. The number of rotatable bonds is 1. The third-order valence-corrected chi connectivity index (χ3v) is 1.59. The Balaban J connectivity index is 2.52. The van der Waals surface area contributed by atoms with E-state index in [-0.39, 0.29) is 12.1 Å². The molecule has 0 amide bonds. The predicted octanol–water partition coefficient (Wildman–Crippen LogP) is 0.893. The van der Waals surface area contributed by atoms with Gasteiger partial charge in [-0.25, -0.2) is 4.79 Å². The molecule has 11 heavy (non-hydrogen) atoms. The Hall–Kier alpha value is -0.830. The lowest BCUT2D eigenvalue weighted by Crippen LogP contribution is -2.29. The summed E-state index contributed by atoms with van der Waals surface area (Å²) in [5, 5.41) is 0. The van der Waals surface area contributed by atoms with Gasteiger partial charge in [0, 0.05) is 0 Å². The monoisotopic (exact) mass is 156 g/mol. The zero-order valence-corrected chi connectivity index (χ0v) is 6.74. The number of esters is 1. The Kier molecular flexibility index (Phi) is 2.65. The van der Waals surface area contributed by atoms with E-state index in [1.165, 1.54) is 7.11 Å². The summed E-state index contributed by atoms with van der Waals surface area (Å²) in [5.41, 5.74) is 0. The van der Waals surface area contributed by atoms with Crippen molar-refractivity contribution in [3.05, 3.63) is 12.2 Å². The Morgan fingerprint density at radius 3 is 3.00 bits per heavy atom. The molecule has 0 saturated heterocycles. The van der Waals surface area contributed by atoms with Gasteiger partial charge in [0.2, 0.25) is 0 Å². The average molecular weight is 156 g/mol. The minimum absolute atomic E-state index is 0.115. The fourth-order valence-corrected chi connectivity index (χ4v) is 0.995. The molecule has 3 nitrogen and oxygen atoms in total. The van der Waals surface area contributed by atoms with E-state index in [2.05, 4.69) is 4.74 Å². The van der Waals surface area contributed by atoms with Crippen LogP contribution in [-0.2, 0) is 14.3 Å². The van der Waals surface area contributed by atoms with Crippen molar-refractivity contribution in [3.8, 4) is 0 Å². The molecule has 2 atom stereocenters. The summed E-state index contributed by atoms with van der Waals surface area (Å²) in [4.78, 5) is 10.9. The first kappa shape index (κ1) is 8.27. The lowest BCUT2D eigenvalue weighted by atomic mass is 10.2. The molecule has 0 unspecified atom stereocenters. The maximum atomic E-state index is 10.9. The van der Waals surface area contributed by atoms with Crippen LogP contribution in [0.2, 0.25) is 0 Å². The van der Waals surface area contributed by atoms with E-state index >= 15 is 0 Å². The third kappa shape index (κ3) is 2.05. The highest BCUT2D eigenvalue weighted by Gasteiger charge is 2.21. The van der Waals surface area contributed by atoms with E-state index in [1.807, 2.05) is 13.0 Å². The molecule has 0 saturated carbocycles. The first-order valence-corrected chi connectivity index (χ1v) is 3.64. The molecule has 0 aliphatic carbocycles. The highest BCUT2D eigenvalue weighted by Crippen LogP contribution is 2.12. The van der Waals surface area contributed by atoms with Crippen molar-refractivity contribution in [2.24, 2.45) is 0 Å². The Morgan fingerprint density at radius 1 is 1.73 bits per heavy atom. The SMILES string of the molecule is COC(=O)[C@@H]1C=CC[C@H](C)O1. The standard InChI is InChI=1S/C8H12O3/c1-6-4-3-5-7(11-6)8(9)10-2/h3,5-7H,4H2,1-2H3/t6-,7-/m0/s1. The Bertz CT molecular complexity index is 174. The number of carbonyl (C=O) groups excluding carboxylic acids is 1. The summed E-state index contributed by atoms with van der Waals surface area (Å²) in [6, 6.07) is 0. The van der Waals surface area contributed by atoms with Gasteiger partial charge < -0.3 is 9.47 Å². The van der Waals surface area contributed by atoms with Crippen LogP contribution in [0, 0.1) is 0 Å². The van der Waals surface area contributed by atoms with Crippen LogP contribution in [0.1, 0.15) is 13.3 Å². The molecule has 1 heterocycles. The maximum Gasteiger partial charge on any atom is 0.339 e. The summed E-state index contributed by atoms with van der Waals surface area (Å²) >= 11 is 0. The van der Waals surface area contributed by atoms with Crippen LogP contribution < -0.4 is 0 Å². The van der Waals surface area contributed by atoms with Gasteiger partial charge in [-0.15, -0.1) is 0 Å². The van der Waals surface area contributed by atoms with Crippen LogP contribution in [0.15, 0.2) is 12.2 Å². The summed E-state index contributed by atoms with van der Waals surface area (Å²) < 4.78 is 9.80. The summed E-state index contributed by atoms with van der Waals surface area (Å²) in [7, 11) is 1.36. The van der Waals surface area contributed by atoms with Crippen LogP contribution in [0.4, 0.5) is 0 Å². The van der Waals surface area contributed by atoms with Crippen LogP contribution in [0.25, 0.3) is 0 Å². The molecule has 0 aromatic rings. The molecule has 1 aliphatic rings. The minimum Gasteiger partial charge on any atom is -0.467 e. The molecular formula is C8H12O3. The van der Waals surface area contributed by atoms with E-state index < -0.39 is 6.10 Å². The van der Waals surface area contributed by atoms with Gasteiger partial charge in [-0.2, -0.15) is 0 Å². The molecule has 1 rings (SSSR count). The highest BCUT2D eigenvalue weighted by atomic mass is 16.6. The number of hydrogen-bond acceptors (Lipinski definition) is 3. The molecule has 0 aromatic carbocycles. The van der Waals surface area contributed by atoms with Gasteiger partial charge in [0.25, 0.3) is 0 Å². The average Bonchev–Trinajstić information content (AvgIpc) is 2.03. The van der Waals surface area contributed by atoms with Crippen molar-refractivity contribution >= 4 is 5.97 Å². The zero-order valence-electron chi connectivity index (χ0n) is 6.74. The number of ether oxygens (including phenoxy) is 2. The van der Waals surface area contributed by atoms with Gasteiger partial charge in [-0.3, -0.25) is 0 Å². The normalized spacial score (nSPS) is 30.0. The second-order valence-electron chi connectivity index (χ2n) is 2.55. The Morgan fingerprint density at radius 2 is 2.45 bits per heavy atom. The molecule has 3 heteroatoms. The summed E-state index contributed by atoms with van der Waals surface area (Å²) in [5.74, 6) is -0.326. The highest BCUT2D eigenvalue weighted by molar-refractivity contribution is 5.76. The molecule has 0 N–H and O–H groups in total. The first-order valence-electron chi connectivity index (χ1n) is 3.64. The zero-order chi connectivity index (χ0) is 8.27. The molecule has 0 bridgehead atoms. The summed E-state index contributed by atoms with van der Waals surface area (Å²) in [6.07, 6.45) is 4.16. The van der Waals surface area contributed by atoms with Crippen molar-refractivity contribution in [1.82, 2.24) is 0 Å². The second-order valence-corrected chi connectivity index (χ2v) is 2.55. The van der Waals surface area contributed by atoms with Crippen LogP contribution >= 0.6 is 0 Å². The molecule has 0 radical (unpaired) electrons. The van der Waals surface area contributed by atoms with Crippen molar-refractivity contribution in [3.63, 3.8) is 0 Å². The van der Waals surface area contributed by atoms with Gasteiger partial charge in [-0.05, 0) is 19.4 Å². The van der Waals surface area contributed by atoms with Gasteiger partial charge in [-0.1, -0.05) is 6.08 Å². The van der Waals surface area contributed by atoms with Crippen LogP contribution in [0.5, 0.6) is 0 Å². The number of hydrogen-bond donors (Lipinski definition) is 0. The Labute approximate surface area is 66.0 Å². The topological polar surface area (TPSA) is 35.5 Å². The van der Waals surface area contributed by atoms with Gasteiger partial charge in [0.15, 0.2) is 6.10 Å².